The van der Waals surface area contributed by atoms with Gasteiger partial charge in [0, 0.05) is 18.7 Å². The zero-order valence-electron chi connectivity index (χ0n) is 12.8. The van der Waals surface area contributed by atoms with Gasteiger partial charge in [-0.05, 0) is 37.1 Å². The Kier molecular flexibility index (Phi) is 6.94. The molecule has 5 N–H and O–H groups in total. The summed E-state index contributed by atoms with van der Waals surface area (Å²) in [4.78, 5) is 23.6. The summed E-state index contributed by atoms with van der Waals surface area (Å²) in [5, 5.41) is 2.49. The van der Waals surface area contributed by atoms with E-state index in [-0.39, 0.29) is 18.7 Å². The normalized spacial score (nSPS) is 13.3. The Balaban J connectivity index is 2.59. The Morgan fingerprint density at radius 1 is 1.36 bits per heavy atom. The number of esters is 1. The predicted molar refractivity (Wildman–Crippen MR) is 80.7 cm³/mol. The molecule has 0 aliphatic carbocycles. The number of amides is 1. The average Bonchev–Trinajstić information content (AvgIpc) is 2.51. The number of carbonyl (C=O) groups excluding carboxylic acids is 2. The van der Waals surface area contributed by atoms with Gasteiger partial charge in [-0.1, -0.05) is 6.92 Å². The van der Waals surface area contributed by atoms with Gasteiger partial charge in [-0.3, -0.25) is 9.59 Å². The topological polar surface area (TPSA) is 107 Å². The van der Waals surface area contributed by atoms with E-state index in [0.717, 1.165) is 6.07 Å². The second kappa shape index (κ2) is 8.45. The number of halogens is 1. The van der Waals surface area contributed by atoms with Gasteiger partial charge in [0.1, 0.15) is 18.0 Å². The number of rotatable bonds is 7. The van der Waals surface area contributed by atoms with Crippen LogP contribution in [0.2, 0.25) is 0 Å². The zero-order valence-corrected chi connectivity index (χ0v) is 12.8. The van der Waals surface area contributed by atoms with E-state index in [1.54, 1.807) is 13.0 Å². The van der Waals surface area contributed by atoms with Crippen molar-refractivity contribution in [3.05, 3.63) is 35.1 Å². The van der Waals surface area contributed by atoms with Crippen molar-refractivity contribution in [1.29, 1.82) is 0 Å². The molecule has 0 heterocycles. The van der Waals surface area contributed by atoms with Crippen LogP contribution in [0.5, 0.6) is 0 Å². The molecule has 0 saturated carbocycles. The van der Waals surface area contributed by atoms with Crippen molar-refractivity contribution in [3.8, 4) is 0 Å². The maximum Gasteiger partial charge on any atom is 0.325 e. The smallest absolute Gasteiger partial charge is 0.325 e. The second-order valence-corrected chi connectivity index (χ2v) is 5.00. The summed E-state index contributed by atoms with van der Waals surface area (Å²) in [6.07, 6.45) is 0.172. The standard InChI is InChI=1S/C15H22FN3O3/c1-3-10-4-11(6-12(16)5-10)14(20)19-8-13(18)15(21)22-9(2)7-17/h4-6,9,13H,3,7-8,17-18H2,1-2H3,(H,19,20)/t9-,13+/m1/s1. The first-order chi connectivity index (χ1) is 10.4. The van der Waals surface area contributed by atoms with Gasteiger partial charge in [0.15, 0.2) is 0 Å². The van der Waals surface area contributed by atoms with Crippen molar-refractivity contribution in [2.75, 3.05) is 13.1 Å². The first-order valence-corrected chi connectivity index (χ1v) is 7.11. The predicted octanol–water partition coefficient (Wildman–Crippen LogP) is 0.336. The Hall–Kier alpha value is -1.99. The fraction of sp³-hybridized carbons (Fsp3) is 0.467. The molecule has 0 spiro atoms. The van der Waals surface area contributed by atoms with Gasteiger partial charge >= 0.3 is 5.97 Å². The van der Waals surface area contributed by atoms with Crippen LogP contribution in [0.3, 0.4) is 0 Å². The second-order valence-electron chi connectivity index (χ2n) is 5.00. The molecule has 0 bridgehead atoms. The van der Waals surface area contributed by atoms with Crippen LogP contribution in [-0.2, 0) is 16.0 Å². The first-order valence-electron chi connectivity index (χ1n) is 7.11. The van der Waals surface area contributed by atoms with Crippen LogP contribution >= 0.6 is 0 Å². The largest absolute Gasteiger partial charge is 0.460 e. The molecule has 1 aromatic carbocycles. The molecule has 0 radical (unpaired) electrons. The van der Waals surface area contributed by atoms with Gasteiger partial charge < -0.3 is 21.5 Å². The molecule has 122 valence electrons. The Bertz CT molecular complexity index is 537. The molecule has 7 heteroatoms. The molecule has 0 aliphatic heterocycles. The average molecular weight is 311 g/mol. The number of hydrogen-bond donors (Lipinski definition) is 3. The van der Waals surface area contributed by atoms with E-state index in [0.29, 0.717) is 12.0 Å². The molecule has 0 aliphatic rings. The van der Waals surface area contributed by atoms with E-state index in [2.05, 4.69) is 5.32 Å². The van der Waals surface area contributed by atoms with Crippen molar-refractivity contribution in [1.82, 2.24) is 5.32 Å². The maximum absolute atomic E-state index is 13.4. The molecule has 1 rings (SSSR count). The third-order valence-electron chi connectivity index (χ3n) is 3.06. The number of benzene rings is 1. The summed E-state index contributed by atoms with van der Waals surface area (Å²) in [7, 11) is 0. The van der Waals surface area contributed by atoms with E-state index in [1.807, 2.05) is 6.92 Å². The lowest BCUT2D eigenvalue weighted by Gasteiger charge is -2.16. The van der Waals surface area contributed by atoms with Gasteiger partial charge in [0.2, 0.25) is 0 Å². The van der Waals surface area contributed by atoms with Crippen LogP contribution in [0.1, 0.15) is 29.8 Å². The highest BCUT2D eigenvalue weighted by atomic mass is 19.1. The fourth-order valence-electron chi connectivity index (χ4n) is 1.71. The summed E-state index contributed by atoms with van der Waals surface area (Å²) in [5.41, 5.74) is 11.9. The lowest BCUT2D eigenvalue weighted by Crippen LogP contribution is -2.44. The number of aryl methyl sites for hydroxylation is 1. The number of nitrogens with one attached hydrogen (secondary N) is 1. The summed E-state index contributed by atoms with van der Waals surface area (Å²) in [6.45, 7) is 3.59. The van der Waals surface area contributed by atoms with Crippen molar-refractivity contribution in [2.45, 2.75) is 32.4 Å². The molecule has 0 fully saturated rings. The Morgan fingerprint density at radius 2 is 2.05 bits per heavy atom. The highest BCUT2D eigenvalue weighted by molar-refractivity contribution is 5.94. The van der Waals surface area contributed by atoms with E-state index in [9.17, 15) is 14.0 Å². The summed E-state index contributed by atoms with van der Waals surface area (Å²) in [5.74, 6) is -1.62. The Labute approximate surface area is 129 Å². The minimum absolute atomic E-state index is 0.104. The van der Waals surface area contributed by atoms with Gasteiger partial charge in [-0.25, -0.2) is 4.39 Å². The van der Waals surface area contributed by atoms with Gasteiger partial charge in [-0.2, -0.15) is 0 Å². The molecular formula is C15H22FN3O3. The van der Waals surface area contributed by atoms with Crippen LogP contribution < -0.4 is 16.8 Å². The van der Waals surface area contributed by atoms with E-state index >= 15 is 0 Å². The molecule has 1 aromatic rings. The van der Waals surface area contributed by atoms with Crippen LogP contribution in [0.4, 0.5) is 4.39 Å². The van der Waals surface area contributed by atoms with E-state index in [4.69, 9.17) is 16.2 Å². The molecule has 2 atom stereocenters. The molecule has 1 amide bonds. The maximum atomic E-state index is 13.4. The van der Waals surface area contributed by atoms with Crippen molar-refractivity contribution in [3.63, 3.8) is 0 Å². The van der Waals surface area contributed by atoms with Crippen LogP contribution in [0, 0.1) is 5.82 Å². The number of hydrogen-bond acceptors (Lipinski definition) is 5. The summed E-state index contributed by atoms with van der Waals surface area (Å²) < 4.78 is 18.3. The molecule has 6 nitrogen and oxygen atoms in total. The quantitative estimate of drug-likeness (QED) is 0.629. The highest BCUT2D eigenvalue weighted by Gasteiger charge is 2.19. The minimum Gasteiger partial charge on any atom is -0.460 e. The highest BCUT2D eigenvalue weighted by Crippen LogP contribution is 2.10. The van der Waals surface area contributed by atoms with Crippen molar-refractivity contribution < 1.29 is 18.7 Å². The monoisotopic (exact) mass is 311 g/mol. The Morgan fingerprint density at radius 3 is 2.64 bits per heavy atom. The molecule has 0 aromatic heterocycles. The third kappa shape index (κ3) is 5.42. The van der Waals surface area contributed by atoms with E-state index < -0.39 is 29.8 Å². The molecule has 22 heavy (non-hydrogen) atoms. The number of nitrogens with two attached hydrogens (primary N) is 2. The van der Waals surface area contributed by atoms with Crippen LogP contribution in [-0.4, -0.2) is 37.1 Å². The van der Waals surface area contributed by atoms with Gasteiger partial charge in [0.25, 0.3) is 5.91 Å². The van der Waals surface area contributed by atoms with Crippen LogP contribution in [0.15, 0.2) is 18.2 Å². The minimum atomic E-state index is -1.00. The number of carbonyl (C=O) groups is 2. The first kappa shape index (κ1) is 18.1. The fourth-order valence-corrected chi connectivity index (χ4v) is 1.71. The lowest BCUT2D eigenvalue weighted by atomic mass is 10.1. The molecule has 0 saturated heterocycles. The third-order valence-corrected chi connectivity index (χ3v) is 3.06. The number of ether oxygens (including phenoxy) is 1. The lowest BCUT2D eigenvalue weighted by molar-refractivity contribution is -0.149. The van der Waals surface area contributed by atoms with Crippen LogP contribution in [0.25, 0.3) is 0 Å². The van der Waals surface area contributed by atoms with Gasteiger partial charge in [-0.15, -0.1) is 0 Å². The molecular weight excluding hydrogens is 289 g/mol. The van der Waals surface area contributed by atoms with Crippen molar-refractivity contribution in [2.24, 2.45) is 11.5 Å². The van der Waals surface area contributed by atoms with Gasteiger partial charge in [0.05, 0.1) is 0 Å². The van der Waals surface area contributed by atoms with Crippen molar-refractivity contribution >= 4 is 11.9 Å². The summed E-state index contributed by atoms with van der Waals surface area (Å²) in [6, 6.07) is 3.10. The zero-order chi connectivity index (χ0) is 16.7. The molecule has 0 unspecified atom stereocenters. The summed E-state index contributed by atoms with van der Waals surface area (Å²) >= 11 is 0. The SMILES string of the molecule is CCc1cc(F)cc(C(=O)NC[C@H](N)C(=O)O[C@H](C)CN)c1. The van der Waals surface area contributed by atoms with E-state index in [1.165, 1.54) is 6.07 Å².